The zero-order valence-corrected chi connectivity index (χ0v) is 20.0. The quantitative estimate of drug-likeness (QED) is 0.567. The summed E-state index contributed by atoms with van der Waals surface area (Å²) in [5, 5.41) is 11.2. The van der Waals surface area contributed by atoms with Gasteiger partial charge < -0.3 is 14.4 Å². The van der Waals surface area contributed by atoms with E-state index in [4.69, 9.17) is 9.47 Å². The Hall–Kier alpha value is -3.18. The van der Waals surface area contributed by atoms with E-state index in [1.54, 1.807) is 14.0 Å². The van der Waals surface area contributed by atoms with Crippen LogP contribution in [0.15, 0.2) is 35.9 Å². The van der Waals surface area contributed by atoms with E-state index in [-0.39, 0.29) is 30.0 Å². The number of pyridine rings is 1. The number of hydrogen-bond donors (Lipinski definition) is 0. The summed E-state index contributed by atoms with van der Waals surface area (Å²) in [4.78, 5) is 34.3. The predicted octanol–water partition coefficient (Wildman–Crippen LogP) is 1.42. The lowest BCUT2D eigenvalue weighted by molar-refractivity contribution is -0.140. The van der Waals surface area contributed by atoms with Crippen molar-refractivity contribution >= 4 is 11.9 Å². The molecule has 11 nitrogen and oxygen atoms in total. The zero-order valence-electron chi connectivity index (χ0n) is 20.0. The number of hydrogen-bond acceptors (Lipinski definition) is 9. The standard InChI is InChI=1S/C24H29N7O4/c1-15-19(13-35-22(15)32)29-8-7-24(23(29)33)9-17-4-5-18(10-24)30(17)12-20(34-2)16-3-6-21(25-11-16)31-14-26-27-28-31/h3,6,11,14,17-18,20H,4-5,7-10,12-13H2,1-2H3/t17?,18?,20-,24?/m0/s1. The molecular weight excluding hydrogens is 450 g/mol. The molecule has 0 aliphatic carbocycles. The van der Waals surface area contributed by atoms with Crippen molar-refractivity contribution in [3.8, 4) is 5.82 Å². The fraction of sp³-hybridized carbons (Fsp3) is 0.583. The first-order valence-electron chi connectivity index (χ1n) is 12.2. The Kier molecular flexibility index (Phi) is 5.41. The number of tetrazole rings is 1. The van der Waals surface area contributed by atoms with Crippen LogP contribution in [0.5, 0.6) is 0 Å². The molecule has 1 spiro atoms. The van der Waals surface area contributed by atoms with Crippen molar-refractivity contribution in [2.75, 3.05) is 26.8 Å². The summed E-state index contributed by atoms with van der Waals surface area (Å²) in [7, 11) is 1.73. The highest BCUT2D eigenvalue weighted by Crippen LogP contribution is 2.52. The summed E-state index contributed by atoms with van der Waals surface area (Å²) in [5.41, 5.74) is 1.99. The van der Waals surface area contributed by atoms with Crippen molar-refractivity contribution in [2.45, 2.75) is 57.2 Å². The van der Waals surface area contributed by atoms with Crippen LogP contribution >= 0.6 is 0 Å². The van der Waals surface area contributed by atoms with Gasteiger partial charge in [0.05, 0.1) is 22.8 Å². The fourth-order valence-corrected chi connectivity index (χ4v) is 6.44. The lowest BCUT2D eigenvalue weighted by Crippen LogP contribution is -2.51. The van der Waals surface area contributed by atoms with Crippen LogP contribution in [-0.4, -0.2) is 85.8 Å². The molecule has 0 saturated carbocycles. The molecule has 2 unspecified atom stereocenters. The number of nitrogens with zero attached hydrogens (tertiary/aromatic N) is 7. The van der Waals surface area contributed by atoms with Gasteiger partial charge in [-0.25, -0.2) is 9.78 Å². The summed E-state index contributed by atoms with van der Waals surface area (Å²) >= 11 is 0. The van der Waals surface area contributed by atoms with E-state index in [2.05, 4.69) is 25.4 Å². The number of methoxy groups -OCH3 is 1. The molecule has 6 heterocycles. The Bertz CT molecular complexity index is 1150. The van der Waals surface area contributed by atoms with E-state index in [9.17, 15) is 9.59 Å². The normalized spacial score (nSPS) is 29.5. The number of rotatable bonds is 6. The second-order valence-corrected chi connectivity index (χ2v) is 10.1. The van der Waals surface area contributed by atoms with Gasteiger partial charge in [-0.15, -0.1) is 5.10 Å². The Morgan fingerprint density at radius 1 is 1.23 bits per heavy atom. The number of ether oxygens (including phenoxy) is 2. The average Bonchev–Trinajstić information content (AvgIpc) is 3.63. The second-order valence-electron chi connectivity index (χ2n) is 10.1. The SMILES string of the molecule is CO[C@@H](CN1C2CCC1CC1(CCN(C3=C(C)C(=O)OC3)C1=O)C2)c1ccc(-n2cnnn2)nc1. The third-order valence-corrected chi connectivity index (χ3v) is 8.33. The van der Waals surface area contributed by atoms with E-state index in [0.717, 1.165) is 49.9 Å². The van der Waals surface area contributed by atoms with Crippen LogP contribution in [-0.2, 0) is 19.1 Å². The summed E-state index contributed by atoms with van der Waals surface area (Å²) in [6.45, 7) is 3.39. The number of aromatic nitrogens is 5. The first kappa shape index (κ1) is 22.3. The highest BCUT2D eigenvalue weighted by molar-refractivity contribution is 5.94. The van der Waals surface area contributed by atoms with Gasteiger partial charge in [0.2, 0.25) is 5.91 Å². The predicted molar refractivity (Wildman–Crippen MR) is 122 cm³/mol. The van der Waals surface area contributed by atoms with Crippen molar-refractivity contribution in [1.29, 1.82) is 0 Å². The number of likely N-dealkylation sites (tertiary alicyclic amines) is 1. The molecule has 0 N–H and O–H groups in total. The van der Waals surface area contributed by atoms with Gasteiger partial charge in [0.1, 0.15) is 12.9 Å². The molecular formula is C24H29N7O4. The molecule has 0 radical (unpaired) electrons. The molecule has 6 rings (SSSR count). The first-order chi connectivity index (χ1) is 17.0. The minimum absolute atomic E-state index is 0.118. The third-order valence-electron chi connectivity index (χ3n) is 8.33. The molecule has 2 aromatic rings. The van der Waals surface area contributed by atoms with E-state index in [1.165, 1.54) is 11.0 Å². The van der Waals surface area contributed by atoms with Crippen LogP contribution in [0.25, 0.3) is 5.82 Å². The van der Waals surface area contributed by atoms with E-state index in [1.807, 2.05) is 23.2 Å². The highest BCUT2D eigenvalue weighted by atomic mass is 16.5. The number of carbonyl (C=O) groups excluding carboxylic acids is 2. The van der Waals surface area contributed by atoms with Crippen LogP contribution < -0.4 is 0 Å². The molecule has 3 fully saturated rings. The summed E-state index contributed by atoms with van der Waals surface area (Å²) in [6.07, 6.45) is 7.95. The summed E-state index contributed by atoms with van der Waals surface area (Å²) in [5.74, 6) is 0.514. The van der Waals surface area contributed by atoms with Gasteiger partial charge in [0.25, 0.3) is 0 Å². The van der Waals surface area contributed by atoms with Crippen LogP contribution in [0.2, 0.25) is 0 Å². The minimum Gasteiger partial charge on any atom is -0.456 e. The molecule has 4 aliphatic rings. The number of esters is 1. The van der Waals surface area contributed by atoms with Crippen LogP contribution in [0.1, 0.15) is 50.7 Å². The molecule has 2 aromatic heterocycles. The number of amides is 1. The van der Waals surface area contributed by atoms with Crippen LogP contribution in [0.3, 0.4) is 0 Å². The first-order valence-corrected chi connectivity index (χ1v) is 12.2. The van der Waals surface area contributed by atoms with Crippen LogP contribution in [0, 0.1) is 5.41 Å². The van der Waals surface area contributed by atoms with Crippen molar-refractivity contribution in [1.82, 2.24) is 35.0 Å². The van der Waals surface area contributed by atoms with E-state index < -0.39 is 0 Å². The van der Waals surface area contributed by atoms with Crippen molar-refractivity contribution in [3.05, 3.63) is 41.5 Å². The molecule has 1 amide bonds. The molecule has 0 aromatic carbocycles. The Balaban J connectivity index is 1.16. The smallest absolute Gasteiger partial charge is 0.336 e. The largest absolute Gasteiger partial charge is 0.456 e. The van der Waals surface area contributed by atoms with E-state index in [0.29, 0.717) is 30.0 Å². The van der Waals surface area contributed by atoms with Crippen molar-refractivity contribution in [2.24, 2.45) is 5.41 Å². The maximum atomic E-state index is 13.6. The average molecular weight is 480 g/mol. The molecule has 3 atom stereocenters. The molecule has 4 aliphatic heterocycles. The molecule has 35 heavy (non-hydrogen) atoms. The van der Waals surface area contributed by atoms with Crippen molar-refractivity contribution < 1.29 is 19.1 Å². The zero-order chi connectivity index (χ0) is 24.2. The minimum atomic E-state index is -0.334. The lowest BCUT2D eigenvalue weighted by Gasteiger charge is -2.44. The topological polar surface area (TPSA) is 116 Å². The van der Waals surface area contributed by atoms with Gasteiger partial charge in [0.15, 0.2) is 5.82 Å². The maximum Gasteiger partial charge on any atom is 0.336 e. The van der Waals surface area contributed by atoms with Gasteiger partial charge >= 0.3 is 5.97 Å². The van der Waals surface area contributed by atoms with Crippen molar-refractivity contribution in [3.63, 3.8) is 0 Å². The Morgan fingerprint density at radius 2 is 2.03 bits per heavy atom. The van der Waals surface area contributed by atoms with Gasteiger partial charge in [-0.2, -0.15) is 4.68 Å². The number of piperidine rings is 1. The van der Waals surface area contributed by atoms with Gasteiger partial charge in [-0.05, 0) is 55.5 Å². The van der Waals surface area contributed by atoms with E-state index >= 15 is 0 Å². The molecule has 184 valence electrons. The third kappa shape index (κ3) is 3.64. The lowest BCUT2D eigenvalue weighted by atomic mass is 9.73. The second kappa shape index (κ2) is 8.49. The Labute approximate surface area is 203 Å². The molecule has 11 heteroatoms. The number of carbonyl (C=O) groups is 2. The van der Waals surface area contributed by atoms with Gasteiger partial charge in [0, 0.05) is 44.0 Å². The van der Waals surface area contributed by atoms with Gasteiger partial charge in [-0.3, -0.25) is 9.69 Å². The molecule has 2 bridgehead atoms. The highest BCUT2D eigenvalue weighted by Gasteiger charge is 2.56. The maximum absolute atomic E-state index is 13.6. The Morgan fingerprint density at radius 3 is 2.63 bits per heavy atom. The summed E-state index contributed by atoms with van der Waals surface area (Å²) < 4.78 is 12.6. The molecule has 3 saturated heterocycles. The van der Waals surface area contributed by atoms with Crippen LogP contribution in [0.4, 0.5) is 0 Å². The number of fused-ring (bicyclic) bond motifs is 2. The monoisotopic (exact) mass is 479 g/mol. The number of cyclic esters (lactones) is 1. The summed E-state index contributed by atoms with van der Waals surface area (Å²) in [6, 6.07) is 4.59. The van der Waals surface area contributed by atoms with Gasteiger partial charge in [-0.1, -0.05) is 6.07 Å². The fourth-order valence-electron chi connectivity index (χ4n) is 6.44.